The van der Waals surface area contributed by atoms with Crippen molar-refractivity contribution in [3.8, 4) is 11.1 Å². The molecule has 0 bridgehead atoms. The Bertz CT molecular complexity index is 1590. The number of nitrogens with one attached hydrogen (secondary N) is 3. The molecule has 5 aromatic rings. The highest BCUT2D eigenvalue weighted by atomic mass is 32.1. The third-order valence-corrected chi connectivity index (χ3v) is 7.37. The SMILES string of the molecule is Cc1noc(C)c1CNC(=O)c1c[nH]c2ccc(-c3ccc4nc(NC(=O)C5CC5)sc4c3)cc12. The minimum atomic E-state index is -0.164. The Kier molecular flexibility index (Phi) is 5.14. The second kappa shape index (κ2) is 8.35. The van der Waals surface area contributed by atoms with Gasteiger partial charge in [-0.25, -0.2) is 4.98 Å². The lowest BCUT2D eigenvalue weighted by molar-refractivity contribution is -0.117. The summed E-state index contributed by atoms with van der Waals surface area (Å²) in [4.78, 5) is 32.8. The van der Waals surface area contributed by atoms with Crippen molar-refractivity contribution in [3.05, 3.63) is 65.2 Å². The van der Waals surface area contributed by atoms with Crippen molar-refractivity contribution < 1.29 is 14.1 Å². The number of aryl methyl sites for hydroxylation is 2. The van der Waals surface area contributed by atoms with Gasteiger partial charge in [0.25, 0.3) is 5.91 Å². The third-order valence-electron chi connectivity index (χ3n) is 6.43. The summed E-state index contributed by atoms with van der Waals surface area (Å²) in [5.74, 6) is 0.740. The normalized spacial score (nSPS) is 13.4. The molecule has 3 aromatic heterocycles. The number of carbonyl (C=O) groups excluding carboxylic acids is 2. The molecular weight excluding hydrogens is 462 g/mol. The molecule has 1 aliphatic carbocycles. The molecule has 0 saturated heterocycles. The van der Waals surface area contributed by atoms with E-state index in [-0.39, 0.29) is 17.7 Å². The first kappa shape index (κ1) is 21.5. The molecule has 1 saturated carbocycles. The third kappa shape index (κ3) is 4.08. The highest BCUT2D eigenvalue weighted by Crippen LogP contribution is 2.34. The van der Waals surface area contributed by atoms with Crippen LogP contribution in [-0.2, 0) is 11.3 Å². The summed E-state index contributed by atoms with van der Waals surface area (Å²) in [6.45, 7) is 4.05. The van der Waals surface area contributed by atoms with Gasteiger partial charge in [-0.15, -0.1) is 0 Å². The van der Waals surface area contributed by atoms with Gasteiger partial charge >= 0.3 is 0 Å². The maximum atomic E-state index is 13.0. The average Bonchev–Trinajstić information content (AvgIpc) is 3.38. The van der Waals surface area contributed by atoms with Crippen molar-refractivity contribution in [2.75, 3.05) is 5.32 Å². The number of benzene rings is 2. The molecule has 3 N–H and O–H groups in total. The lowest BCUT2D eigenvalue weighted by Crippen LogP contribution is -2.23. The zero-order valence-corrected chi connectivity index (χ0v) is 20.1. The van der Waals surface area contributed by atoms with Gasteiger partial charge in [-0.3, -0.25) is 9.59 Å². The number of fused-ring (bicyclic) bond motifs is 2. The monoisotopic (exact) mass is 485 g/mol. The topological polar surface area (TPSA) is 113 Å². The summed E-state index contributed by atoms with van der Waals surface area (Å²) in [5.41, 5.74) is 6.01. The van der Waals surface area contributed by atoms with Crippen molar-refractivity contribution >= 4 is 49.4 Å². The molecule has 1 aliphatic rings. The van der Waals surface area contributed by atoms with Crippen LogP contribution in [-0.4, -0.2) is 26.9 Å². The summed E-state index contributed by atoms with van der Waals surface area (Å²) >= 11 is 1.47. The molecule has 0 spiro atoms. The molecule has 8 nitrogen and oxygen atoms in total. The number of hydrogen-bond donors (Lipinski definition) is 3. The molecule has 9 heteroatoms. The highest BCUT2D eigenvalue weighted by molar-refractivity contribution is 7.22. The Balaban J connectivity index is 1.26. The van der Waals surface area contributed by atoms with Crippen molar-refractivity contribution in [2.24, 2.45) is 5.92 Å². The van der Waals surface area contributed by atoms with E-state index in [0.29, 0.717) is 23.0 Å². The number of anilines is 1. The molecule has 0 aliphatic heterocycles. The first-order valence-corrected chi connectivity index (χ1v) is 12.3. The van der Waals surface area contributed by atoms with Crippen molar-refractivity contribution in [1.82, 2.24) is 20.4 Å². The molecule has 0 unspecified atom stereocenters. The van der Waals surface area contributed by atoms with E-state index in [1.54, 1.807) is 6.20 Å². The van der Waals surface area contributed by atoms with Crippen LogP contribution in [0.2, 0.25) is 0 Å². The molecule has 2 amide bonds. The lowest BCUT2D eigenvalue weighted by atomic mass is 10.0. The van der Waals surface area contributed by atoms with Gasteiger partial charge in [0.1, 0.15) is 5.76 Å². The van der Waals surface area contributed by atoms with Gasteiger partial charge in [0.2, 0.25) is 5.91 Å². The van der Waals surface area contributed by atoms with E-state index < -0.39 is 0 Å². The van der Waals surface area contributed by atoms with E-state index in [2.05, 4.69) is 31.8 Å². The van der Waals surface area contributed by atoms with E-state index in [9.17, 15) is 9.59 Å². The molecule has 6 rings (SSSR count). The predicted octanol–water partition coefficient (Wildman–Crippen LogP) is 5.33. The van der Waals surface area contributed by atoms with Gasteiger partial charge in [-0.05, 0) is 62.1 Å². The van der Waals surface area contributed by atoms with Crippen LogP contribution in [0.3, 0.4) is 0 Å². The zero-order valence-electron chi connectivity index (χ0n) is 19.3. The second-order valence-corrected chi connectivity index (χ2v) is 9.94. The van der Waals surface area contributed by atoms with E-state index in [0.717, 1.165) is 56.3 Å². The largest absolute Gasteiger partial charge is 0.361 e. The van der Waals surface area contributed by atoms with Crippen LogP contribution in [0.4, 0.5) is 5.13 Å². The average molecular weight is 486 g/mol. The minimum absolute atomic E-state index is 0.0577. The Morgan fingerprint density at radius 1 is 1.14 bits per heavy atom. The number of carbonyl (C=O) groups is 2. The number of hydrogen-bond acceptors (Lipinski definition) is 6. The number of H-pyrrole nitrogens is 1. The number of aromatic amines is 1. The van der Waals surface area contributed by atoms with Crippen LogP contribution in [0, 0.1) is 19.8 Å². The maximum absolute atomic E-state index is 13.0. The Labute approximate surface area is 204 Å². The summed E-state index contributed by atoms with van der Waals surface area (Å²) in [6, 6.07) is 12.1. The van der Waals surface area contributed by atoms with E-state index >= 15 is 0 Å². The summed E-state index contributed by atoms with van der Waals surface area (Å²) < 4.78 is 6.19. The van der Waals surface area contributed by atoms with Crippen molar-refractivity contribution in [3.63, 3.8) is 0 Å². The second-order valence-electron chi connectivity index (χ2n) is 8.91. The summed E-state index contributed by atoms with van der Waals surface area (Å²) in [5, 5.41) is 11.3. The number of thiazole rings is 1. The first-order chi connectivity index (χ1) is 17.0. The van der Waals surface area contributed by atoms with Crippen LogP contribution in [0.15, 0.2) is 47.1 Å². The highest BCUT2D eigenvalue weighted by Gasteiger charge is 2.30. The van der Waals surface area contributed by atoms with Crippen LogP contribution in [0.1, 0.15) is 40.2 Å². The van der Waals surface area contributed by atoms with Crippen molar-refractivity contribution in [1.29, 1.82) is 0 Å². The maximum Gasteiger partial charge on any atom is 0.253 e. The summed E-state index contributed by atoms with van der Waals surface area (Å²) in [7, 11) is 0. The van der Waals surface area contributed by atoms with Gasteiger partial charge in [-0.2, -0.15) is 0 Å². The van der Waals surface area contributed by atoms with Gasteiger partial charge in [0.05, 0.1) is 21.5 Å². The molecule has 0 radical (unpaired) electrons. The number of aromatic nitrogens is 3. The van der Waals surface area contributed by atoms with Crippen molar-refractivity contribution in [2.45, 2.75) is 33.2 Å². The van der Waals surface area contributed by atoms with Crippen LogP contribution >= 0.6 is 11.3 Å². The number of amides is 2. The standard InChI is InChI=1S/C26H23N5O3S/c1-13-19(14(2)34-31-13)11-28-25(33)20-12-27-21-7-5-16(9-18(20)21)17-6-8-22-23(10-17)35-26(29-22)30-24(32)15-3-4-15/h5-10,12,15,27H,3-4,11H2,1-2H3,(H,28,33)(H,29,30,32). The minimum Gasteiger partial charge on any atom is -0.361 e. The molecule has 176 valence electrons. The van der Waals surface area contributed by atoms with Gasteiger partial charge in [0.15, 0.2) is 5.13 Å². The number of rotatable bonds is 6. The van der Waals surface area contributed by atoms with E-state index in [1.165, 1.54) is 11.3 Å². The quantitative estimate of drug-likeness (QED) is 0.301. The molecular formula is C26H23N5O3S. The Hall–Kier alpha value is -3.98. The van der Waals surface area contributed by atoms with Crippen LogP contribution < -0.4 is 10.6 Å². The summed E-state index contributed by atoms with van der Waals surface area (Å²) in [6.07, 6.45) is 3.66. The first-order valence-electron chi connectivity index (χ1n) is 11.5. The fourth-order valence-corrected chi connectivity index (χ4v) is 5.12. The number of nitrogens with zero attached hydrogens (tertiary/aromatic N) is 2. The molecule has 0 atom stereocenters. The van der Waals surface area contributed by atoms with E-state index in [4.69, 9.17) is 4.52 Å². The lowest BCUT2D eigenvalue weighted by Gasteiger charge is -2.06. The molecule has 3 heterocycles. The van der Waals surface area contributed by atoms with Crippen LogP contribution in [0.25, 0.3) is 32.2 Å². The molecule has 1 fully saturated rings. The van der Waals surface area contributed by atoms with E-state index in [1.807, 2.05) is 44.2 Å². The smallest absolute Gasteiger partial charge is 0.253 e. The van der Waals surface area contributed by atoms with Crippen LogP contribution in [0.5, 0.6) is 0 Å². The fourth-order valence-electron chi connectivity index (χ4n) is 4.22. The van der Waals surface area contributed by atoms with Gasteiger partial charge in [-0.1, -0.05) is 28.6 Å². The Morgan fingerprint density at radius 2 is 1.94 bits per heavy atom. The zero-order chi connectivity index (χ0) is 24.1. The molecule has 2 aromatic carbocycles. The predicted molar refractivity (Wildman–Crippen MR) is 135 cm³/mol. The van der Waals surface area contributed by atoms with Gasteiger partial charge < -0.3 is 20.1 Å². The van der Waals surface area contributed by atoms with Gasteiger partial charge in [0, 0.05) is 35.1 Å². The fraction of sp³-hybridized carbons (Fsp3) is 0.231. The Morgan fingerprint density at radius 3 is 2.71 bits per heavy atom. The molecule has 35 heavy (non-hydrogen) atoms.